The van der Waals surface area contributed by atoms with Crippen LogP contribution in [0.1, 0.15) is 36.7 Å². The van der Waals surface area contributed by atoms with Crippen molar-refractivity contribution in [3.8, 4) is 11.4 Å². The standard InChI is InChI=1S/C25H31N9O/c1-2-34(33-11-13-35-14-12-33)25-28-16-18-23(31-32-24(18)30-25)22-10-6-9-21(29-22)20(27)15-19(26)17-7-4-3-5-8-17/h3-10,16,19-20H,2,11-15,26-27H2,1H3,(H,28,30,31,32). The Morgan fingerprint density at radius 2 is 1.83 bits per heavy atom. The van der Waals surface area contributed by atoms with Crippen LogP contribution in [0.4, 0.5) is 5.95 Å². The van der Waals surface area contributed by atoms with Gasteiger partial charge >= 0.3 is 0 Å². The lowest BCUT2D eigenvalue weighted by Gasteiger charge is -2.36. The van der Waals surface area contributed by atoms with Gasteiger partial charge in [0.05, 0.1) is 35.7 Å². The van der Waals surface area contributed by atoms with Crippen molar-refractivity contribution < 1.29 is 4.74 Å². The molecule has 2 atom stereocenters. The van der Waals surface area contributed by atoms with E-state index in [1.54, 1.807) is 6.20 Å². The first-order chi connectivity index (χ1) is 17.1. The number of nitrogens with one attached hydrogen (secondary N) is 1. The molecule has 5 rings (SSSR count). The number of pyridine rings is 1. The van der Waals surface area contributed by atoms with Gasteiger partial charge in [-0.3, -0.25) is 10.1 Å². The zero-order chi connectivity index (χ0) is 24.2. The van der Waals surface area contributed by atoms with Crippen molar-refractivity contribution >= 4 is 17.0 Å². The average molecular weight is 474 g/mol. The number of rotatable bonds is 8. The van der Waals surface area contributed by atoms with Crippen LogP contribution in [-0.2, 0) is 4.74 Å². The number of aromatic nitrogens is 5. The number of benzene rings is 1. The van der Waals surface area contributed by atoms with E-state index in [4.69, 9.17) is 26.2 Å². The van der Waals surface area contributed by atoms with Crippen LogP contribution >= 0.6 is 0 Å². The Bertz CT molecular complexity index is 1260. The monoisotopic (exact) mass is 473 g/mol. The second-order valence-electron chi connectivity index (χ2n) is 8.59. The van der Waals surface area contributed by atoms with Crippen LogP contribution in [-0.4, -0.2) is 63.0 Å². The number of ether oxygens (including phenoxy) is 1. The molecule has 10 nitrogen and oxygen atoms in total. The Morgan fingerprint density at radius 3 is 2.60 bits per heavy atom. The molecule has 35 heavy (non-hydrogen) atoms. The highest BCUT2D eigenvalue weighted by atomic mass is 16.5. The van der Waals surface area contributed by atoms with Gasteiger partial charge in [-0.15, -0.1) is 0 Å². The van der Waals surface area contributed by atoms with Crippen LogP contribution in [0.25, 0.3) is 22.4 Å². The van der Waals surface area contributed by atoms with Crippen LogP contribution in [0.2, 0.25) is 0 Å². The van der Waals surface area contributed by atoms with Gasteiger partial charge in [-0.1, -0.05) is 36.4 Å². The first kappa shape index (κ1) is 23.3. The number of nitrogens with two attached hydrogens (primary N) is 2. The minimum Gasteiger partial charge on any atom is -0.379 e. The van der Waals surface area contributed by atoms with Crippen molar-refractivity contribution in [3.63, 3.8) is 0 Å². The lowest BCUT2D eigenvalue weighted by atomic mass is 9.98. The first-order valence-corrected chi connectivity index (χ1v) is 12.0. The topological polar surface area (TPSA) is 135 Å². The summed E-state index contributed by atoms with van der Waals surface area (Å²) in [5, 5.41) is 12.6. The first-order valence-electron chi connectivity index (χ1n) is 12.0. The number of hydrogen-bond acceptors (Lipinski definition) is 9. The Labute approximate surface area is 204 Å². The molecular formula is C25H31N9O. The number of morpholine rings is 1. The normalized spacial score (nSPS) is 16.3. The second-order valence-corrected chi connectivity index (χ2v) is 8.59. The maximum atomic E-state index is 6.50. The minimum atomic E-state index is -0.297. The van der Waals surface area contributed by atoms with Gasteiger partial charge in [0.15, 0.2) is 5.65 Å². The number of aromatic amines is 1. The summed E-state index contributed by atoms with van der Waals surface area (Å²) in [7, 11) is 0. The van der Waals surface area contributed by atoms with Gasteiger partial charge in [-0.25, -0.2) is 15.0 Å². The average Bonchev–Trinajstić information content (AvgIpc) is 3.34. The molecule has 182 valence electrons. The van der Waals surface area contributed by atoms with Crippen molar-refractivity contribution in [3.05, 3.63) is 66.0 Å². The van der Waals surface area contributed by atoms with Gasteiger partial charge in [0.25, 0.3) is 0 Å². The molecule has 0 saturated carbocycles. The molecule has 1 aliphatic rings. The fraction of sp³-hybridized carbons (Fsp3) is 0.360. The molecule has 1 aromatic carbocycles. The zero-order valence-corrected chi connectivity index (χ0v) is 19.8. The van der Waals surface area contributed by atoms with Crippen LogP contribution in [0, 0.1) is 0 Å². The molecule has 1 fully saturated rings. The maximum absolute atomic E-state index is 6.50. The molecule has 5 N–H and O–H groups in total. The lowest BCUT2D eigenvalue weighted by Crippen LogP contribution is -2.49. The van der Waals surface area contributed by atoms with Crippen LogP contribution < -0.4 is 16.5 Å². The third-order valence-corrected chi connectivity index (χ3v) is 6.30. The van der Waals surface area contributed by atoms with Crippen LogP contribution in [0.5, 0.6) is 0 Å². The Balaban J connectivity index is 1.37. The summed E-state index contributed by atoms with van der Waals surface area (Å²) in [5.74, 6) is 0.624. The van der Waals surface area contributed by atoms with Gasteiger partial charge in [0, 0.05) is 37.9 Å². The van der Waals surface area contributed by atoms with Crippen molar-refractivity contribution in [1.82, 2.24) is 30.2 Å². The summed E-state index contributed by atoms with van der Waals surface area (Å²) >= 11 is 0. The molecule has 4 heterocycles. The predicted molar refractivity (Wildman–Crippen MR) is 135 cm³/mol. The highest BCUT2D eigenvalue weighted by Crippen LogP contribution is 2.27. The lowest BCUT2D eigenvalue weighted by molar-refractivity contribution is 0.0314. The van der Waals surface area contributed by atoms with E-state index in [0.717, 1.165) is 47.7 Å². The summed E-state index contributed by atoms with van der Waals surface area (Å²) in [4.78, 5) is 14.2. The highest BCUT2D eigenvalue weighted by molar-refractivity contribution is 5.89. The van der Waals surface area contributed by atoms with Crippen molar-refractivity contribution in [2.45, 2.75) is 25.4 Å². The molecule has 4 aromatic rings. The second kappa shape index (κ2) is 10.4. The number of hydrogen-bond donors (Lipinski definition) is 3. The van der Waals surface area contributed by atoms with Crippen LogP contribution in [0.3, 0.4) is 0 Å². The fourth-order valence-electron chi connectivity index (χ4n) is 4.41. The van der Waals surface area contributed by atoms with E-state index in [9.17, 15) is 0 Å². The number of H-pyrrole nitrogens is 1. The van der Waals surface area contributed by atoms with E-state index >= 15 is 0 Å². The Hall–Kier alpha value is -3.44. The third-order valence-electron chi connectivity index (χ3n) is 6.30. The summed E-state index contributed by atoms with van der Waals surface area (Å²) in [5.41, 5.74) is 16.8. The minimum absolute atomic E-state index is 0.163. The van der Waals surface area contributed by atoms with E-state index in [1.165, 1.54) is 0 Å². The maximum Gasteiger partial charge on any atom is 0.242 e. The number of hydrazine groups is 1. The Morgan fingerprint density at radius 1 is 1.03 bits per heavy atom. The fourth-order valence-corrected chi connectivity index (χ4v) is 4.41. The summed E-state index contributed by atoms with van der Waals surface area (Å²) < 4.78 is 5.47. The van der Waals surface area contributed by atoms with Crippen molar-refractivity contribution in [2.24, 2.45) is 11.5 Å². The molecule has 0 bridgehead atoms. The smallest absolute Gasteiger partial charge is 0.242 e. The largest absolute Gasteiger partial charge is 0.379 e. The summed E-state index contributed by atoms with van der Waals surface area (Å²) in [6.07, 6.45) is 2.39. The van der Waals surface area contributed by atoms with E-state index in [0.29, 0.717) is 31.2 Å². The molecule has 1 aliphatic heterocycles. The van der Waals surface area contributed by atoms with Gasteiger partial charge < -0.3 is 16.2 Å². The predicted octanol–water partition coefficient (Wildman–Crippen LogP) is 2.58. The number of anilines is 1. The summed E-state index contributed by atoms with van der Waals surface area (Å²) in [6.45, 7) is 5.87. The number of nitrogens with zero attached hydrogens (tertiary/aromatic N) is 6. The van der Waals surface area contributed by atoms with E-state index in [-0.39, 0.29) is 12.1 Å². The molecule has 0 amide bonds. The molecule has 10 heteroatoms. The van der Waals surface area contributed by atoms with Gasteiger partial charge in [0.2, 0.25) is 5.95 Å². The van der Waals surface area contributed by atoms with E-state index in [2.05, 4.69) is 32.1 Å². The number of fused-ring (bicyclic) bond motifs is 1. The van der Waals surface area contributed by atoms with Gasteiger partial charge in [-0.05, 0) is 31.0 Å². The molecule has 0 radical (unpaired) electrons. The van der Waals surface area contributed by atoms with Gasteiger partial charge in [-0.2, -0.15) is 10.1 Å². The Kier molecular flexibility index (Phi) is 6.96. The zero-order valence-electron chi connectivity index (χ0n) is 19.8. The molecule has 3 aromatic heterocycles. The van der Waals surface area contributed by atoms with Crippen molar-refractivity contribution in [1.29, 1.82) is 0 Å². The quantitative estimate of drug-likeness (QED) is 0.353. The van der Waals surface area contributed by atoms with Crippen LogP contribution in [0.15, 0.2) is 54.7 Å². The van der Waals surface area contributed by atoms with E-state index < -0.39 is 0 Å². The van der Waals surface area contributed by atoms with Gasteiger partial charge in [0.1, 0.15) is 0 Å². The molecule has 0 aliphatic carbocycles. The molecule has 0 spiro atoms. The highest BCUT2D eigenvalue weighted by Gasteiger charge is 2.22. The van der Waals surface area contributed by atoms with Crippen molar-refractivity contribution in [2.75, 3.05) is 37.9 Å². The van der Waals surface area contributed by atoms with E-state index in [1.807, 2.05) is 48.5 Å². The summed E-state index contributed by atoms with van der Waals surface area (Å²) in [6, 6.07) is 15.3. The SMILES string of the molecule is CCN(c1ncc2c(-c3cccc(C(N)CC(N)c4ccccc4)n3)[nH]nc2n1)N1CCOCC1. The molecule has 1 saturated heterocycles. The molecule has 2 unspecified atom stereocenters. The molecular weight excluding hydrogens is 442 g/mol. The third kappa shape index (κ3) is 5.01.